The Kier molecular flexibility index (Phi) is 6.47. The van der Waals surface area contributed by atoms with E-state index in [4.69, 9.17) is 16.3 Å². The van der Waals surface area contributed by atoms with Crippen molar-refractivity contribution in [3.8, 4) is 17.6 Å². The second-order valence-corrected chi connectivity index (χ2v) is 10.8. The summed E-state index contributed by atoms with van der Waals surface area (Å²) in [4.78, 5) is 30.2. The number of hydrogen-bond donors (Lipinski definition) is 0. The highest BCUT2D eigenvalue weighted by atomic mass is 35.5. The van der Waals surface area contributed by atoms with Crippen LogP contribution in [-0.2, 0) is 17.8 Å². The van der Waals surface area contributed by atoms with Gasteiger partial charge in [-0.25, -0.2) is 4.68 Å². The third-order valence-electron chi connectivity index (χ3n) is 6.52. The van der Waals surface area contributed by atoms with Gasteiger partial charge in [-0.2, -0.15) is 5.10 Å². The molecule has 8 heteroatoms. The summed E-state index contributed by atoms with van der Waals surface area (Å²) >= 11 is 6.62. The Bertz CT molecular complexity index is 1430. The van der Waals surface area contributed by atoms with Gasteiger partial charge < -0.3 is 14.5 Å². The standard InChI is InChI=1S/C29H29ClN4O3/c1-29(2,3)14-12-19-10-11-22-24(16-19)37-18-23(27(35)32(22)4)33-15-13-21-25(28(33)36)31-34(26(21)30)17-20-8-6-5-7-9-20/h5-11,16,23H,13,15,17-18H2,1-4H3/t23-/m0/s1. The van der Waals surface area contributed by atoms with Crippen molar-refractivity contribution in [2.24, 2.45) is 5.41 Å². The maximum atomic E-state index is 13.6. The minimum absolute atomic E-state index is 0.0475. The van der Waals surface area contributed by atoms with Crippen LogP contribution in [0.2, 0.25) is 5.15 Å². The Balaban J connectivity index is 1.39. The molecule has 2 amide bonds. The number of benzene rings is 2. The molecule has 0 spiro atoms. The molecule has 2 aliphatic heterocycles. The van der Waals surface area contributed by atoms with E-state index < -0.39 is 6.04 Å². The van der Waals surface area contributed by atoms with E-state index in [0.717, 1.165) is 16.7 Å². The molecular formula is C29H29ClN4O3. The van der Waals surface area contributed by atoms with E-state index in [9.17, 15) is 9.59 Å². The van der Waals surface area contributed by atoms with E-state index >= 15 is 0 Å². The molecule has 0 saturated carbocycles. The van der Waals surface area contributed by atoms with Crippen LogP contribution in [0.1, 0.15) is 48.0 Å². The highest BCUT2D eigenvalue weighted by Gasteiger charge is 2.40. The van der Waals surface area contributed by atoms with Crippen molar-refractivity contribution in [2.75, 3.05) is 25.1 Å². The fraction of sp³-hybridized carbons (Fsp3) is 0.345. The SMILES string of the molecule is CN1C(=O)[C@@H](N2CCc3c(nn(Cc4ccccc4)c3Cl)C2=O)COc2cc(C#CC(C)(C)C)ccc21. The number of amides is 2. The monoisotopic (exact) mass is 516 g/mol. The number of hydrogen-bond acceptors (Lipinski definition) is 4. The molecule has 7 nitrogen and oxygen atoms in total. The fourth-order valence-electron chi connectivity index (χ4n) is 4.55. The van der Waals surface area contributed by atoms with Gasteiger partial charge >= 0.3 is 0 Å². The fourth-order valence-corrected chi connectivity index (χ4v) is 4.83. The lowest BCUT2D eigenvalue weighted by atomic mass is 9.97. The Hall–Kier alpha value is -3.76. The van der Waals surface area contributed by atoms with Crippen LogP contribution in [0.4, 0.5) is 5.69 Å². The van der Waals surface area contributed by atoms with Gasteiger partial charge in [-0.05, 0) is 51.0 Å². The molecule has 190 valence electrons. The lowest BCUT2D eigenvalue weighted by Gasteiger charge is -2.33. The molecule has 0 aliphatic carbocycles. The second kappa shape index (κ2) is 9.60. The van der Waals surface area contributed by atoms with Crippen LogP contribution < -0.4 is 9.64 Å². The van der Waals surface area contributed by atoms with E-state index in [2.05, 4.69) is 37.7 Å². The number of rotatable bonds is 3. The summed E-state index contributed by atoms with van der Waals surface area (Å²) in [5, 5.41) is 5.00. The first-order valence-electron chi connectivity index (χ1n) is 12.3. The number of fused-ring (bicyclic) bond motifs is 2. The zero-order valence-electron chi connectivity index (χ0n) is 21.4. The number of likely N-dealkylation sites (N-methyl/N-ethyl adjacent to an activating group) is 1. The Morgan fingerprint density at radius 3 is 2.62 bits per heavy atom. The zero-order chi connectivity index (χ0) is 26.3. The number of anilines is 1. The molecule has 37 heavy (non-hydrogen) atoms. The van der Waals surface area contributed by atoms with Gasteiger partial charge in [0.05, 0.1) is 12.2 Å². The first kappa shape index (κ1) is 24.9. The number of aromatic nitrogens is 2. The summed E-state index contributed by atoms with van der Waals surface area (Å²) in [6, 6.07) is 14.6. The van der Waals surface area contributed by atoms with Crippen LogP contribution in [0.3, 0.4) is 0 Å². The number of carbonyl (C=O) groups is 2. The number of ether oxygens (including phenoxy) is 1. The summed E-state index contributed by atoms with van der Waals surface area (Å²) < 4.78 is 7.75. The molecule has 2 aliphatic rings. The van der Waals surface area contributed by atoms with Crippen molar-refractivity contribution in [3.63, 3.8) is 0 Å². The van der Waals surface area contributed by atoms with Crippen LogP contribution in [0.5, 0.6) is 5.75 Å². The minimum atomic E-state index is -0.778. The van der Waals surface area contributed by atoms with Crippen LogP contribution in [0.25, 0.3) is 0 Å². The highest BCUT2D eigenvalue weighted by molar-refractivity contribution is 6.31. The molecule has 0 N–H and O–H groups in total. The van der Waals surface area contributed by atoms with Gasteiger partial charge in [-0.15, -0.1) is 0 Å². The molecular weight excluding hydrogens is 488 g/mol. The first-order valence-corrected chi connectivity index (χ1v) is 12.7. The lowest BCUT2D eigenvalue weighted by Crippen LogP contribution is -2.54. The molecule has 0 bridgehead atoms. The topological polar surface area (TPSA) is 67.7 Å². The van der Waals surface area contributed by atoms with E-state index in [1.54, 1.807) is 21.5 Å². The van der Waals surface area contributed by atoms with Crippen molar-refractivity contribution >= 4 is 29.1 Å². The van der Waals surface area contributed by atoms with E-state index in [1.165, 1.54) is 0 Å². The van der Waals surface area contributed by atoms with Gasteiger partial charge in [0.25, 0.3) is 11.8 Å². The van der Waals surface area contributed by atoms with Gasteiger partial charge in [0.1, 0.15) is 23.6 Å². The molecule has 2 aromatic carbocycles. The molecule has 0 fully saturated rings. The summed E-state index contributed by atoms with van der Waals surface area (Å²) in [7, 11) is 1.70. The van der Waals surface area contributed by atoms with Gasteiger partial charge in [-0.3, -0.25) is 9.59 Å². The summed E-state index contributed by atoms with van der Waals surface area (Å²) in [6.07, 6.45) is 0.516. The highest BCUT2D eigenvalue weighted by Crippen LogP contribution is 2.34. The van der Waals surface area contributed by atoms with Crippen LogP contribution >= 0.6 is 11.6 Å². The maximum absolute atomic E-state index is 13.6. The third kappa shape index (κ3) is 4.94. The van der Waals surface area contributed by atoms with Crippen molar-refractivity contribution < 1.29 is 14.3 Å². The second-order valence-electron chi connectivity index (χ2n) is 10.4. The molecule has 0 radical (unpaired) electrons. The Morgan fingerprint density at radius 1 is 1.14 bits per heavy atom. The van der Waals surface area contributed by atoms with Gasteiger partial charge in [0.15, 0.2) is 5.69 Å². The molecule has 1 atom stereocenters. The summed E-state index contributed by atoms with van der Waals surface area (Å²) in [5.74, 6) is 6.44. The van der Waals surface area contributed by atoms with Crippen molar-refractivity contribution in [1.29, 1.82) is 0 Å². The summed E-state index contributed by atoms with van der Waals surface area (Å²) in [5.41, 5.74) is 3.38. The number of nitrogens with zero attached hydrogens (tertiary/aromatic N) is 4. The van der Waals surface area contributed by atoms with Gasteiger partial charge in [0, 0.05) is 30.1 Å². The predicted molar refractivity (Wildman–Crippen MR) is 143 cm³/mol. The normalized spacial score (nSPS) is 17.4. The minimum Gasteiger partial charge on any atom is -0.489 e. The molecule has 0 saturated heterocycles. The first-order chi connectivity index (χ1) is 17.6. The van der Waals surface area contributed by atoms with Crippen molar-refractivity contribution in [1.82, 2.24) is 14.7 Å². The van der Waals surface area contributed by atoms with E-state index in [-0.39, 0.29) is 23.8 Å². The van der Waals surface area contributed by atoms with Crippen LogP contribution in [-0.4, -0.2) is 52.7 Å². The van der Waals surface area contributed by atoms with Crippen molar-refractivity contribution in [2.45, 2.75) is 39.8 Å². The quantitative estimate of drug-likeness (QED) is 0.484. The van der Waals surface area contributed by atoms with Gasteiger partial charge in [0.2, 0.25) is 0 Å². The van der Waals surface area contributed by atoms with E-state index in [1.807, 2.05) is 48.5 Å². The van der Waals surface area contributed by atoms with Crippen LogP contribution in [0.15, 0.2) is 48.5 Å². The molecule has 1 aromatic heterocycles. The lowest BCUT2D eigenvalue weighted by molar-refractivity contribution is -0.123. The number of halogens is 1. The number of carbonyl (C=O) groups excluding carboxylic acids is 2. The largest absolute Gasteiger partial charge is 0.489 e. The Labute approximate surface area is 222 Å². The third-order valence-corrected chi connectivity index (χ3v) is 6.94. The van der Waals surface area contributed by atoms with E-state index in [0.29, 0.717) is 41.8 Å². The van der Waals surface area contributed by atoms with Gasteiger partial charge in [-0.1, -0.05) is 53.8 Å². The predicted octanol–water partition coefficient (Wildman–Crippen LogP) is 4.40. The average Bonchev–Trinajstić information content (AvgIpc) is 3.13. The Morgan fingerprint density at radius 2 is 1.89 bits per heavy atom. The maximum Gasteiger partial charge on any atom is 0.275 e. The molecule has 5 rings (SSSR count). The molecule has 3 aromatic rings. The van der Waals surface area contributed by atoms with Crippen molar-refractivity contribution in [3.05, 3.63) is 76.1 Å². The zero-order valence-corrected chi connectivity index (χ0v) is 22.2. The summed E-state index contributed by atoms with van der Waals surface area (Å²) in [6.45, 7) is 7.02. The van der Waals surface area contributed by atoms with Crippen LogP contribution in [0, 0.1) is 17.3 Å². The molecule has 3 heterocycles. The smallest absolute Gasteiger partial charge is 0.275 e. The molecule has 0 unspecified atom stereocenters. The average molecular weight is 517 g/mol.